The number of hydrogen-bond donors (Lipinski definition) is 1. The first-order valence-corrected chi connectivity index (χ1v) is 8.74. The van der Waals surface area contributed by atoms with Gasteiger partial charge in [0.05, 0.1) is 5.71 Å². The van der Waals surface area contributed by atoms with Crippen molar-refractivity contribution in [1.82, 2.24) is 5.43 Å². The summed E-state index contributed by atoms with van der Waals surface area (Å²) < 4.78 is 0. The molecule has 0 bridgehead atoms. The van der Waals surface area contributed by atoms with Crippen molar-refractivity contribution in [3.8, 4) is 11.1 Å². The molecular formula is C23H22N2O. The van der Waals surface area contributed by atoms with Crippen LogP contribution in [0.25, 0.3) is 11.1 Å². The van der Waals surface area contributed by atoms with Gasteiger partial charge in [0.25, 0.3) is 5.91 Å². The van der Waals surface area contributed by atoms with Gasteiger partial charge in [0, 0.05) is 5.56 Å². The second-order valence-corrected chi connectivity index (χ2v) is 6.40. The lowest BCUT2D eigenvalue weighted by molar-refractivity contribution is 0.0954. The van der Waals surface area contributed by atoms with E-state index in [0.29, 0.717) is 5.56 Å². The zero-order chi connectivity index (χ0) is 18.4. The molecule has 0 heterocycles. The summed E-state index contributed by atoms with van der Waals surface area (Å²) >= 11 is 0. The smallest absolute Gasteiger partial charge is 0.267 e. The number of benzene rings is 3. The Kier molecular flexibility index (Phi) is 5.59. The normalized spacial score (nSPS) is 11.4. The number of hydrazone groups is 1. The Morgan fingerprint density at radius 3 is 1.85 bits per heavy atom. The van der Waals surface area contributed by atoms with Crippen LogP contribution in [0.5, 0.6) is 0 Å². The van der Waals surface area contributed by atoms with Crippen LogP contribution in [-0.4, -0.2) is 11.6 Å². The molecule has 1 amide bonds. The van der Waals surface area contributed by atoms with E-state index in [-0.39, 0.29) is 11.8 Å². The minimum absolute atomic E-state index is 0.207. The summed E-state index contributed by atoms with van der Waals surface area (Å²) in [5.74, 6) is -0.00292. The van der Waals surface area contributed by atoms with Gasteiger partial charge in [-0.2, -0.15) is 5.10 Å². The molecule has 3 rings (SSSR count). The van der Waals surface area contributed by atoms with E-state index in [1.165, 1.54) is 0 Å². The molecule has 3 heteroatoms. The van der Waals surface area contributed by atoms with Crippen LogP contribution in [0.3, 0.4) is 0 Å². The summed E-state index contributed by atoms with van der Waals surface area (Å²) in [7, 11) is 0. The van der Waals surface area contributed by atoms with Gasteiger partial charge in [-0.3, -0.25) is 4.79 Å². The molecule has 0 fully saturated rings. The zero-order valence-electron chi connectivity index (χ0n) is 15.0. The molecule has 0 unspecified atom stereocenters. The fourth-order valence-corrected chi connectivity index (χ4v) is 2.76. The van der Waals surface area contributed by atoms with Gasteiger partial charge in [0.1, 0.15) is 0 Å². The topological polar surface area (TPSA) is 41.5 Å². The molecule has 0 aliphatic rings. The second kappa shape index (κ2) is 8.26. The van der Waals surface area contributed by atoms with Gasteiger partial charge in [-0.1, -0.05) is 86.6 Å². The number of nitrogens with one attached hydrogen (secondary N) is 1. The minimum Gasteiger partial charge on any atom is -0.267 e. The van der Waals surface area contributed by atoms with E-state index >= 15 is 0 Å². The van der Waals surface area contributed by atoms with Crippen LogP contribution in [0.1, 0.15) is 29.8 Å². The van der Waals surface area contributed by atoms with E-state index in [0.717, 1.165) is 22.4 Å². The lowest BCUT2D eigenvalue weighted by Crippen LogP contribution is -2.22. The molecule has 3 aromatic rings. The van der Waals surface area contributed by atoms with E-state index < -0.39 is 0 Å². The van der Waals surface area contributed by atoms with Crippen molar-refractivity contribution in [2.45, 2.75) is 13.8 Å². The Morgan fingerprint density at radius 2 is 1.27 bits per heavy atom. The zero-order valence-corrected chi connectivity index (χ0v) is 15.0. The third-order valence-corrected chi connectivity index (χ3v) is 4.15. The van der Waals surface area contributed by atoms with Crippen LogP contribution in [0.2, 0.25) is 0 Å². The molecule has 26 heavy (non-hydrogen) atoms. The van der Waals surface area contributed by atoms with E-state index in [9.17, 15) is 4.79 Å². The number of hydrogen-bond acceptors (Lipinski definition) is 2. The van der Waals surface area contributed by atoms with Crippen molar-refractivity contribution in [3.05, 3.63) is 96.1 Å². The highest BCUT2D eigenvalue weighted by Crippen LogP contribution is 2.19. The van der Waals surface area contributed by atoms with Gasteiger partial charge in [0.2, 0.25) is 0 Å². The predicted molar refractivity (Wildman–Crippen MR) is 107 cm³/mol. The monoisotopic (exact) mass is 342 g/mol. The molecule has 3 nitrogen and oxygen atoms in total. The number of carbonyl (C=O) groups is 1. The molecule has 0 saturated carbocycles. The molecule has 0 atom stereocenters. The average molecular weight is 342 g/mol. The highest BCUT2D eigenvalue weighted by Gasteiger charge is 2.10. The van der Waals surface area contributed by atoms with E-state index in [1.54, 1.807) is 0 Å². The third-order valence-electron chi connectivity index (χ3n) is 4.15. The van der Waals surface area contributed by atoms with Crippen molar-refractivity contribution in [2.24, 2.45) is 11.0 Å². The van der Waals surface area contributed by atoms with Crippen LogP contribution in [0, 0.1) is 5.92 Å². The Bertz CT molecular complexity index is 883. The number of carbonyl (C=O) groups excluding carboxylic acids is 1. The van der Waals surface area contributed by atoms with Crippen molar-refractivity contribution in [3.63, 3.8) is 0 Å². The molecule has 3 aromatic carbocycles. The van der Waals surface area contributed by atoms with Crippen LogP contribution >= 0.6 is 0 Å². The van der Waals surface area contributed by atoms with Crippen LogP contribution < -0.4 is 5.43 Å². The molecule has 1 N–H and O–H groups in total. The molecule has 0 saturated heterocycles. The standard InChI is InChI=1S/C23H22N2O/c1-17(2)22(20-11-7-4-8-12-20)24-25-23(26)21-15-13-19(14-16-21)18-9-5-3-6-10-18/h3-17H,1-2H3,(H,25,26)/b24-22+. The lowest BCUT2D eigenvalue weighted by atomic mass is 10.0. The van der Waals surface area contributed by atoms with Gasteiger partial charge in [-0.15, -0.1) is 0 Å². The molecule has 0 spiro atoms. The lowest BCUT2D eigenvalue weighted by Gasteiger charge is -2.11. The van der Waals surface area contributed by atoms with Crippen molar-refractivity contribution in [2.75, 3.05) is 0 Å². The Balaban J connectivity index is 1.75. The minimum atomic E-state index is -0.210. The van der Waals surface area contributed by atoms with Crippen molar-refractivity contribution >= 4 is 11.6 Å². The maximum absolute atomic E-state index is 12.4. The average Bonchev–Trinajstić information content (AvgIpc) is 2.69. The predicted octanol–water partition coefficient (Wildman–Crippen LogP) is 5.14. The molecular weight excluding hydrogens is 320 g/mol. The second-order valence-electron chi connectivity index (χ2n) is 6.40. The van der Waals surface area contributed by atoms with Gasteiger partial charge in [-0.05, 0) is 34.7 Å². The van der Waals surface area contributed by atoms with Gasteiger partial charge >= 0.3 is 0 Å². The van der Waals surface area contributed by atoms with Gasteiger partial charge < -0.3 is 0 Å². The Hall–Kier alpha value is -3.20. The maximum atomic E-state index is 12.4. The first-order valence-electron chi connectivity index (χ1n) is 8.74. The molecule has 130 valence electrons. The Labute approximate surface area is 154 Å². The SMILES string of the molecule is CC(C)/C(=N\NC(=O)c1ccc(-c2ccccc2)cc1)c1ccccc1. The third kappa shape index (κ3) is 4.25. The summed E-state index contributed by atoms with van der Waals surface area (Å²) in [6.07, 6.45) is 0. The number of amides is 1. The fourth-order valence-electron chi connectivity index (χ4n) is 2.76. The van der Waals surface area contributed by atoms with Crippen LogP contribution in [0.15, 0.2) is 90.0 Å². The summed E-state index contributed by atoms with van der Waals surface area (Å²) in [5, 5.41) is 4.37. The summed E-state index contributed by atoms with van der Waals surface area (Å²) in [4.78, 5) is 12.4. The summed E-state index contributed by atoms with van der Waals surface area (Å²) in [6, 6.07) is 27.6. The molecule has 0 aromatic heterocycles. The quantitative estimate of drug-likeness (QED) is 0.506. The first kappa shape index (κ1) is 17.6. The van der Waals surface area contributed by atoms with Gasteiger partial charge in [0.15, 0.2) is 0 Å². The summed E-state index contributed by atoms with van der Waals surface area (Å²) in [6.45, 7) is 4.12. The van der Waals surface area contributed by atoms with Gasteiger partial charge in [-0.25, -0.2) is 5.43 Å². The van der Waals surface area contributed by atoms with Crippen LogP contribution in [-0.2, 0) is 0 Å². The van der Waals surface area contributed by atoms with E-state index in [4.69, 9.17) is 0 Å². The maximum Gasteiger partial charge on any atom is 0.271 e. The van der Waals surface area contributed by atoms with Crippen molar-refractivity contribution < 1.29 is 4.79 Å². The van der Waals surface area contributed by atoms with E-state index in [1.807, 2.05) is 84.9 Å². The van der Waals surface area contributed by atoms with Crippen LogP contribution in [0.4, 0.5) is 0 Å². The highest BCUT2D eigenvalue weighted by molar-refractivity contribution is 6.03. The Morgan fingerprint density at radius 1 is 0.731 bits per heavy atom. The molecule has 0 radical (unpaired) electrons. The van der Waals surface area contributed by atoms with Crippen molar-refractivity contribution in [1.29, 1.82) is 0 Å². The highest BCUT2D eigenvalue weighted by atomic mass is 16.2. The number of rotatable bonds is 5. The van der Waals surface area contributed by atoms with E-state index in [2.05, 4.69) is 24.4 Å². The molecule has 0 aliphatic carbocycles. The summed E-state index contributed by atoms with van der Waals surface area (Å²) in [5.41, 5.74) is 7.36. The fraction of sp³-hybridized carbons (Fsp3) is 0.130. The largest absolute Gasteiger partial charge is 0.271 e. The number of nitrogens with zero attached hydrogens (tertiary/aromatic N) is 1. The first-order chi connectivity index (χ1) is 12.6. The molecule has 0 aliphatic heterocycles.